The van der Waals surface area contributed by atoms with Gasteiger partial charge in [0.05, 0.1) is 7.11 Å². The zero-order valence-electron chi connectivity index (χ0n) is 18.6. The highest BCUT2D eigenvalue weighted by Crippen LogP contribution is 2.28. The number of ether oxygens (including phenoxy) is 1. The number of amides is 1. The number of hydrogen-bond acceptors (Lipinski definition) is 3. The first-order chi connectivity index (χ1) is 14.8. The summed E-state index contributed by atoms with van der Waals surface area (Å²) >= 11 is 0. The van der Waals surface area contributed by atoms with Crippen LogP contribution >= 0.6 is 0 Å². The van der Waals surface area contributed by atoms with Crippen LogP contribution < -0.4 is 10.1 Å². The molecule has 6 nitrogen and oxygen atoms in total. The van der Waals surface area contributed by atoms with Crippen molar-refractivity contribution < 1.29 is 9.53 Å². The average molecular weight is 417 g/mol. The molecule has 4 aromatic rings. The molecule has 31 heavy (non-hydrogen) atoms. The fourth-order valence-electron chi connectivity index (χ4n) is 3.70. The van der Waals surface area contributed by atoms with Crippen LogP contribution in [-0.2, 0) is 12.5 Å². The van der Waals surface area contributed by atoms with Gasteiger partial charge in [0.1, 0.15) is 23.3 Å². The monoisotopic (exact) mass is 416 g/mol. The molecule has 2 aromatic carbocycles. The molecule has 6 heteroatoms. The van der Waals surface area contributed by atoms with Gasteiger partial charge in [-0.3, -0.25) is 4.79 Å². The third-order valence-electron chi connectivity index (χ3n) is 5.55. The Morgan fingerprint density at radius 1 is 1.16 bits per heavy atom. The van der Waals surface area contributed by atoms with Crippen LogP contribution in [0.3, 0.4) is 0 Å². The topological polar surface area (TPSA) is 71.9 Å². The molecule has 1 unspecified atom stereocenters. The van der Waals surface area contributed by atoms with Crippen LogP contribution in [0.5, 0.6) is 5.75 Å². The van der Waals surface area contributed by atoms with Crippen LogP contribution in [0.15, 0.2) is 60.9 Å². The highest BCUT2D eigenvalue weighted by atomic mass is 16.5. The predicted molar refractivity (Wildman–Crippen MR) is 123 cm³/mol. The molecule has 0 aliphatic heterocycles. The Hall–Kier alpha value is -3.54. The number of carbonyl (C=O) groups is 1. The number of nitrogens with one attached hydrogen (secondary N) is 2. The highest BCUT2D eigenvalue weighted by molar-refractivity contribution is 5.98. The zero-order chi connectivity index (χ0) is 22.2. The van der Waals surface area contributed by atoms with Gasteiger partial charge in [-0.25, -0.2) is 4.98 Å². The lowest BCUT2D eigenvalue weighted by Crippen LogP contribution is -2.31. The molecule has 1 amide bonds. The lowest BCUT2D eigenvalue weighted by molar-refractivity contribution is 0.0937. The summed E-state index contributed by atoms with van der Waals surface area (Å²) in [4.78, 5) is 21.0. The van der Waals surface area contributed by atoms with Crippen molar-refractivity contribution in [2.75, 3.05) is 7.11 Å². The number of aryl methyl sites for hydroxylation is 1. The normalized spacial score (nSPS) is 12.7. The van der Waals surface area contributed by atoms with E-state index in [0.29, 0.717) is 5.69 Å². The maximum absolute atomic E-state index is 13.2. The number of aromatic nitrogens is 3. The number of fused-ring (bicyclic) bond motifs is 1. The van der Waals surface area contributed by atoms with Crippen LogP contribution in [0.2, 0.25) is 0 Å². The van der Waals surface area contributed by atoms with Crippen molar-refractivity contribution in [3.05, 3.63) is 83.6 Å². The van der Waals surface area contributed by atoms with Gasteiger partial charge in [0.15, 0.2) is 0 Å². The summed E-state index contributed by atoms with van der Waals surface area (Å²) in [6.45, 7) is 6.53. The van der Waals surface area contributed by atoms with E-state index in [1.54, 1.807) is 13.3 Å². The molecule has 2 aromatic heterocycles. The van der Waals surface area contributed by atoms with Crippen LogP contribution in [0.4, 0.5) is 0 Å². The second kappa shape index (κ2) is 7.95. The van der Waals surface area contributed by atoms with Gasteiger partial charge >= 0.3 is 0 Å². The van der Waals surface area contributed by atoms with Crippen LogP contribution in [0, 0.1) is 0 Å². The van der Waals surface area contributed by atoms with E-state index < -0.39 is 6.04 Å². The Morgan fingerprint density at radius 2 is 1.97 bits per heavy atom. The molecule has 160 valence electrons. The highest BCUT2D eigenvalue weighted by Gasteiger charge is 2.23. The van der Waals surface area contributed by atoms with Crippen molar-refractivity contribution in [2.45, 2.75) is 32.2 Å². The zero-order valence-corrected chi connectivity index (χ0v) is 18.6. The van der Waals surface area contributed by atoms with E-state index in [1.807, 2.05) is 48.1 Å². The number of rotatable bonds is 5. The predicted octanol–water partition coefficient (Wildman–Crippen LogP) is 4.73. The fourth-order valence-corrected chi connectivity index (χ4v) is 3.70. The number of nitrogens with zero attached hydrogens (tertiary/aromatic N) is 2. The molecule has 2 heterocycles. The molecule has 0 saturated carbocycles. The summed E-state index contributed by atoms with van der Waals surface area (Å²) in [5.74, 6) is 1.28. The lowest BCUT2D eigenvalue weighted by atomic mass is 9.87. The van der Waals surface area contributed by atoms with Gasteiger partial charge in [-0.1, -0.05) is 45.0 Å². The van der Waals surface area contributed by atoms with Crippen molar-refractivity contribution in [2.24, 2.45) is 7.05 Å². The van der Waals surface area contributed by atoms with Gasteiger partial charge in [-0.2, -0.15) is 0 Å². The van der Waals surface area contributed by atoms with Gasteiger partial charge in [-0.05, 0) is 40.8 Å². The molecule has 4 rings (SSSR count). The van der Waals surface area contributed by atoms with E-state index in [9.17, 15) is 4.79 Å². The molecule has 0 aliphatic carbocycles. The number of imidazole rings is 1. The van der Waals surface area contributed by atoms with E-state index in [1.165, 1.54) is 5.56 Å². The number of carbonyl (C=O) groups excluding carboxylic acids is 1. The summed E-state index contributed by atoms with van der Waals surface area (Å²) in [5, 5.41) is 4.15. The third-order valence-corrected chi connectivity index (χ3v) is 5.55. The van der Waals surface area contributed by atoms with Crippen molar-refractivity contribution in [1.29, 1.82) is 0 Å². The standard InChI is InChI=1S/C25H28N4O2/c1-25(2,3)18-10-9-16-14-21(27-20(16)15-18)24(30)28-22(23-26-11-12-29(23)4)17-7-6-8-19(13-17)31-5/h6-15,22,27H,1-5H3,(H,28,30). The molecule has 1 atom stereocenters. The van der Waals surface area contributed by atoms with Crippen molar-refractivity contribution >= 4 is 16.8 Å². The smallest absolute Gasteiger partial charge is 0.268 e. The molecule has 0 spiro atoms. The SMILES string of the molecule is COc1cccc(C(NC(=O)c2cc3ccc(C(C)(C)C)cc3[nH]2)c2nccn2C)c1. The maximum atomic E-state index is 13.2. The van der Waals surface area contributed by atoms with E-state index in [2.05, 4.69) is 54.3 Å². The molecule has 0 bridgehead atoms. The van der Waals surface area contributed by atoms with Crippen LogP contribution in [-0.4, -0.2) is 27.6 Å². The van der Waals surface area contributed by atoms with E-state index in [-0.39, 0.29) is 11.3 Å². The second-order valence-electron chi connectivity index (χ2n) is 8.81. The van der Waals surface area contributed by atoms with Gasteiger partial charge in [0.2, 0.25) is 0 Å². The minimum absolute atomic E-state index is 0.0391. The Balaban J connectivity index is 1.68. The first-order valence-corrected chi connectivity index (χ1v) is 10.3. The van der Waals surface area contributed by atoms with E-state index >= 15 is 0 Å². The molecule has 0 radical (unpaired) electrons. The summed E-state index contributed by atoms with van der Waals surface area (Å²) in [7, 11) is 3.54. The molecule has 0 saturated heterocycles. The minimum atomic E-state index is -0.417. The maximum Gasteiger partial charge on any atom is 0.268 e. The number of aromatic amines is 1. The Labute approximate surface area is 182 Å². The first-order valence-electron chi connectivity index (χ1n) is 10.3. The number of methoxy groups -OCH3 is 1. The lowest BCUT2D eigenvalue weighted by Gasteiger charge is -2.19. The molecular formula is C25H28N4O2. The summed E-state index contributed by atoms with van der Waals surface area (Å²) in [6, 6.07) is 15.4. The largest absolute Gasteiger partial charge is 0.497 e. The Morgan fingerprint density at radius 3 is 2.65 bits per heavy atom. The first kappa shape index (κ1) is 20.7. The Bertz CT molecular complexity index is 1230. The molecular weight excluding hydrogens is 388 g/mol. The second-order valence-corrected chi connectivity index (χ2v) is 8.81. The number of hydrogen-bond donors (Lipinski definition) is 2. The number of benzene rings is 2. The van der Waals surface area contributed by atoms with Gasteiger partial charge in [0, 0.05) is 30.3 Å². The summed E-state index contributed by atoms with van der Waals surface area (Å²) in [5.41, 5.74) is 3.62. The fraction of sp³-hybridized carbons (Fsp3) is 0.280. The van der Waals surface area contributed by atoms with Crippen LogP contribution in [0.25, 0.3) is 10.9 Å². The van der Waals surface area contributed by atoms with Crippen molar-refractivity contribution in [3.8, 4) is 5.75 Å². The summed E-state index contributed by atoms with van der Waals surface area (Å²) < 4.78 is 7.28. The molecule has 0 fully saturated rings. The minimum Gasteiger partial charge on any atom is -0.497 e. The van der Waals surface area contributed by atoms with E-state index in [4.69, 9.17) is 4.74 Å². The summed E-state index contributed by atoms with van der Waals surface area (Å²) in [6.07, 6.45) is 3.59. The molecule has 0 aliphatic rings. The Kier molecular flexibility index (Phi) is 5.31. The van der Waals surface area contributed by atoms with Gasteiger partial charge < -0.3 is 19.6 Å². The van der Waals surface area contributed by atoms with Gasteiger partial charge in [-0.15, -0.1) is 0 Å². The molecule has 2 N–H and O–H groups in total. The van der Waals surface area contributed by atoms with E-state index in [0.717, 1.165) is 28.0 Å². The van der Waals surface area contributed by atoms with Crippen molar-refractivity contribution in [1.82, 2.24) is 19.9 Å². The quantitative estimate of drug-likeness (QED) is 0.494. The van der Waals surface area contributed by atoms with Crippen molar-refractivity contribution in [3.63, 3.8) is 0 Å². The average Bonchev–Trinajstić information content (AvgIpc) is 3.36. The van der Waals surface area contributed by atoms with Gasteiger partial charge in [0.25, 0.3) is 5.91 Å². The number of H-pyrrole nitrogens is 1. The third kappa shape index (κ3) is 4.19. The van der Waals surface area contributed by atoms with Crippen LogP contribution in [0.1, 0.15) is 54.3 Å².